The van der Waals surface area contributed by atoms with Gasteiger partial charge in [-0.15, -0.1) is 0 Å². The Morgan fingerprint density at radius 2 is 1.79 bits per heavy atom. The highest BCUT2D eigenvalue weighted by atomic mass is 16.8. The molecule has 0 aliphatic heterocycles. The summed E-state index contributed by atoms with van der Waals surface area (Å²) < 4.78 is 10.8. The van der Waals surface area contributed by atoms with E-state index in [0.29, 0.717) is 0 Å². The van der Waals surface area contributed by atoms with Crippen LogP contribution in [0.1, 0.15) is 10.4 Å². The van der Waals surface area contributed by atoms with Gasteiger partial charge in [0.2, 0.25) is 17.7 Å². The molecule has 2 heterocycles. The standard InChI is InChI=1S/C16H15N5O7/c1-27-10-6-11(28-2)19-16(18-10)20-13(17)12(15(23)24)8-4-3-7(21(25)26)5-9(8)14(20)22/h3-6,21,25H,17H2,1-2H3,(H,23,24). The average molecular weight is 389 g/mol. The van der Waals surface area contributed by atoms with Gasteiger partial charge in [0.05, 0.1) is 25.7 Å². The molecule has 0 saturated carbocycles. The van der Waals surface area contributed by atoms with E-state index in [1.165, 1.54) is 32.4 Å². The van der Waals surface area contributed by atoms with Crippen molar-refractivity contribution in [2.24, 2.45) is 0 Å². The Morgan fingerprint density at radius 1 is 1.18 bits per heavy atom. The van der Waals surface area contributed by atoms with E-state index in [4.69, 9.17) is 15.2 Å². The summed E-state index contributed by atoms with van der Waals surface area (Å²) >= 11 is 0. The van der Waals surface area contributed by atoms with E-state index in [2.05, 4.69) is 9.97 Å². The minimum Gasteiger partial charge on any atom is -0.595 e. The molecule has 146 valence electrons. The van der Waals surface area contributed by atoms with Gasteiger partial charge in [0.25, 0.3) is 5.56 Å². The number of carbonyl (C=O) groups is 1. The van der Waals surface area contributed by atoms with Gasteiger partial charge in [0.15, 0.2) is 5.69 Å². The zero-order chi connectivity index (χ0) is 20.6. The highest BCUT2D eigenvalue weighted by Crippen LogP contribution is 2.26. The lowest BCUT2D eigenvalue weighted by atomic mass is 10.1. The number of hydrogen-bond acceptors (Lipinski definition) is 9. The predicted molar refractivity (Wildman–Crippen MR) is 95.4 cm³/mol. The van der Waals surface area contributed by atoms with E-state index in [9.17, 15) is 25.1 Å². The second-order valence-corrected chi connectivity index (χ2v) is 5.52. The van der Waals surface area contributed by atoms with Gasteiger partial charge in [0.1, 0.15) is 11.4 Å². The largest absolute Gasteiger partial charge is 0.595 e. The maximum absolute atomic E-state index is 13.0. The van der Waals surface area contributed by atoms with Crippen molar-refractivity contribution in [1.82, 2.24) is 14.5 Å². The Labute approximate surface area is 156 Å². The molecule has 12 nitrogen and oxygen atoms in total. The molecule has 1 atom stereocenters. The van der Waals surface area contributed by atoms with E-state index < -0.39 is 28.1 Å². The number of hydrogen-bond donors (Lipinski definition) is 4. The monoisotopic (exact) mass is 389 g/mol. The molecule has 3 aromatic rings. The number of nitrogens with two attached hydrogens (primary N) is 1. The zero-order valence-corrected chi connectivity index (χ0v) is 14.7. The Hall–Kier alpha value is -3.74. The number of carboxylic acid groups (broad SMARTS) is 1. The summed E-state index contributed by atoms with van der Waals surface area (Å²) in [5, 5.41) is 28.6. The SMILES string of the molecule is COc1cc(OC)nc(-n2c(N)c(C(=O)O)c3ccc([NH+]([O-])O)cc3c2=O)n1. The number of quaternary nitrogens is 1. The van der Waals surface area contributed by atoms with Gasteiger partial charge >= 0.3 is 5.97 Å². The molecular weight excluding hydrogens is 374 g/mol. The van der Waals surface area contributed by atoms with Crippen molar-refractivity contribution < 1.29 is 29.8 Å². The van der Waals surface area contributed by atoms with Crippen LogP contribution in [-0.2, 0) is 0 Å². The number of anilines is 1. The molecule has 0 radical (unpaired) electrons. The number of pyridine rings is 1. The third-order valence-electron chi connectivity index (χ3n) is 3.97. The Bertz CT molecular complexity index is 1120. The molecule has 3 rings (SSSR count). The molecule has 2 aromatic heterocycles. The first kappa shape index (κ1) is 19.0. The fraction of sp³-hybridized carbons (Fsp3) is 0.125. The molecular formula is C16H15N5O7. The lowest BCUT2D eigenvalue weighted by Gasteiger charge is -2.16. The Morgan fingerprint density at radius 3 is 2.29 bits per heavy atom. The summed E-state index contributed by atoms with van der Waals surface area (Å²) in [5.41, 5.74) is 4.59. The second kappa shape index (κ2) is 7.11. The van der Waals surface area contributed by atoms with Crippen LogP contribution in [0.15, 0.2) is 29.1 Å². The van der Waals surface area contributed by atoms with Crippen LogP contribution in [-0.4, -0.2) is 45.0 Å². The van der Waals surface area contributed by atoms with Crippen molar-refractivity contribution in [3.05, 3.63) is 45.4 Å². The smallest absolute Gasteiger partial charge is 0.340 e. The van der Waals surface area contributed by atoms with E-state index in [1.807, 2.05) is 0 Å². The number of fused-ring (bicyclic) bond motifs is 1. The molecule has 0 spiro atoms. The van der Waals surface area contributed by atoms with Crippen LogP contribution in [0, 0.1) is 5.21 Å². The highest BCUT2D eigenvalue weighted by molar-refractivity contribution is 6.07. The van der Waals surface area contributed by atoms with Crippen molar-refractivity contribution in [3.8, 4) is 17.7 Å². The maximum Gasteiger partial charge on any atom is 0.340 e. The van der Waals surface area contributed by atoms with Gasteiger partial charge in [-0.05, 0) is 6.07 Å². The first-order valence-electron chi connectivity index (χ1n) is 7.70. The van der Waals surface area contributed by atoms with Gasteiger partial charge in [-0.25, -0.2) is 14.6 Å². The lowest BCUT2D eigenvalue weighted by Crippen LogP contribution is -2.99. The minimum absolute atomic E-state index is 0.00823. The molecule has 5 N–H and O–H groups in total. The van der Waals surface area contributed by atoms with Crippen molar-refractivity contribution in [2.45, 2.75) is 0 Å². The summed E-state index contributed by atoms with van der Waals surface area (Å²) in [6.45, 7) is 0. The normalized spacial score (nSPS) is 12.0. The Balaban J connectivity index is 2.46. The number of methoxy groups -OCH3 is 2. The van der Waals surface area contributed by atoms with E-state index in [-0.39, 0.29) is 34.2 Å². The van der Waals surface area contributed by atoms with E-state index >= 15 is 0 Å². The van der Waals surface area contributed by atoms with Crippen LogP contribution in [0.3, 0.4) is 0 Å². The van der Waals surface area contributed by atoms with Gasteiger partial charge in [0, 0.05) is 17.5 Å². The molecule has 0 amide bonds. The van der Waals surface area contributed by atoms with E-state index in [0.717, 1.165) is 10.6 Å². The zero-order valence-electron chi connectivity index (χ0n) is 14.7. The minimum atomic E-state index is -1.41. The van der Waals surface area contributed by atoms with Crippen molar-refractivity contribution >= 4 is 28.2 Å². The van der Waals surface area contributed by atoms with Gasteiger partial charge < -0.3 is 25.5 Å². The van der Waals surface area contributed by atoms with E-state index in [1.54, 1.807) is 0 Å². The number of aromatic nitrogens is 3. The van der Waals surface area contributed by atoms with Crippen LogP contribution < -0.4 is 26.0 Å². The van der Waals surface area contributed by atoms with Crippen LogP contribution >= 0.6 is 0 Å². The molecule has 0 fully saturated rings. The summed E-state index contributed by atoms with van der Waals surface area (Å²) in [6, 6.07) is 4.83. The number of carboxylic acids is 1. The first-order valence-corrected chi connectivity index (χ1v) is 7.70. The molecule has 1 aromatic carbocycles. The number of benzene rings is 1. The van der Waals surface area contributed by atoms with Crippen LogP contribution in [0.25, 0.3) is 16.7 Å². The van der Waals surface area contributed by atoms with Crippen molar-refractivity contribution in [2.75, 3.05) is 20.0 Å². The van der Waals surface area contributed by atoms with Crippen LogP contribution in [0.2, 0.25) is 0 Å². The number of aromatic carboxylic acids is 1. The summed E-state index contributed by atoms with van der Waals surface area (Å²) in [5.74, 6) is -2.03. The van der Waals surface area contributed by atoms with Crippen molar-refractivity contribution in [3.63, 3.8) is 0 Å². The molecule has 0 aliphatic rings. The first-order chi connectivity index (χ1) is 13.3. The number of nitrogens with one attached hydrogen (secondary N) is 1. The van der Waals surface area contributed by atoms with Gasteiger partial charge in [-0.2, -0.15) is 15.2 Å². The van der Waals surface area contributed by atoms with Crippen molar-refractivity contribution in [1.29, 1.82) is 0 Å². The fourth-order valence-corrected chi connectivity index (χ4v) is 2.68. The summed E-state index contributed by atoms with van der Waals surface area (Å²) in [6.07, 6.45) is 0. The third kappa shape index (κ3) is 3.07. The fourth-order valence-electron chi connectivity index (χ4n) is 2.68. The second-order valence-electron chi connectivity index (χ2n) is 5.52. The number of rotatable bonds is 5. The number of nitrogens with zero attached hydrogens (tertiary/aromatic N) is 3. The highest BCUT2D eigenvalue weighted by Gasteiger charge is 2.23. The van der Waals surface area contributed by atoms with Gasteiger partial charge in [-0.1, -0.05) is 0 Å². The molecule has 0 aliphatic carbocycles. The molecule has 0 bridgehead atoms. The maximum atomic E-state index is 13.0. The van der Waals surface area contributed by atoms with Crippen LogP contribution in [0.5, 0.6) is 11.8 Å². The topological polar surface area (TPSA) is 177 Å². The quantitative estimate of drug-likeness (QED) is 0.415. The predicted octanol–water partition coefficient (Wildman–Crippen LogP) is -0.518. The number of ether oxygens (including phenoxy) is 2. The molecule has 1 unspecified atom stereocenters. The molecule has 12 heteroatoms. The summed E-state index contributed by atoms with van der Waals surface area (Å²) in [7, 11) is 2.67. The average Bonchev–Trinajstić information content (AvgIpc) is 2.67. The third-order valence-corrected chi connectivity index (χ3v) is 3.97. The number of nitrogen functional groups attached to an aromatic ring is 1. The molecule has 0 saturated heterocycles. The summed E-state index contributed by atoms with van der Waals surface area (Å²) in [4.78, 5) is 32.9. The lowest BCUT2D eigenvalue weighted by molar-refractivity contribution is -0.991. The molecule has 28 heavy (non-hydrogen) atoms. The van der Waals surface area contributed by atoms with Crippen LogP contribution in [0.4, 0.5) is 11.5 Å². The van der Waals surface area contributed by atoms with Gasteiger partial charge in [-0.3, -0.25) is 4.79 Å². The Kier molecular flexibility index (Phi) is 4.83.